The molecule has 3 amide bonds. The van der Waals surface area contributed by atoms with Gasteiger partial charge in [-0.1, -0.05) is 0 Å². The first-order chi connectivity index (χ1) is 13.4. The Hall–Kier alpha value is -2.60. The molecule has 2 rings (SSSR count). The Morgan fingerprint density at radius 1 is 1.36 bits per heavy atom. The molecule has 1 aliphatic rings. The van der Waals surface area contributed by atoms with Gasteiger partial charge in [-0.2, -0.15) is 12.6 Å². The van der Waals surface area contributed by atoms with Gasteiger partial charge in [-0.25, -0.2) is 9.78 Å². The molecular weight excluding hydrogens is 388 g/mol. The molecule has 11 nitrogen and oxygen atoms in total. The lowest BCUT2D eigenvalue weighted by atomic mass is 10.1. The molecule has 0 saturated carbocycles. The van der Waals surface area contributed by atoms with Crippen molar-refractivity contribution in [3.63, 3.8) is 0 Å². The molecule has 28 heavy (non-hydrogen) atoms. The molecule has 2 heterocycles. The fraction of sp³-hybridized carbons (Fsp3) is 0.562. The van der Waals surface area contributed by atoms with E-state index in [9.17, 15) is 24.3 Å². The minimum atomic E-state index is -1.19. The SMILES string of the molecule is NCC(=O)NC(CS)C(=O)N1CCCC1C(=O)NC(Cc1cnc[nH]1)C(=O)O. The standard InChI is InChI=1S/C16H24N6O5S/c17-5-13(23)20-11(7-28)15(25)22-3-1-2-12(22)14(24)21-10(16(26)27)4-9-6-18-8-19-9/h6,8,10-12,28H,1-5,7,17H2,(H,18,19)(H,20,23)(H,21,24)(H,26,27). The Morgan fingerprint density at radius 3 is 2.68 bits per heavy atom. The molecule has 3 unspecified atom stereocenters. The van der Waals surface area contributed by atoms with Gasteiger partial charge in [-0.05, 0) is 12.8 Å². The van der Waals surface area contributed by atoms with Crippen LogP contribution >= 0.6 is 12.6 Å². The molecule has 12 heteroatoms. The zero-order valence-electron chi connectivity index (χ0n) is 15.1. The van der Waals surface area contributed by atoms with Crippen molar-refractivity contribution in [2.24, 2.45) is 5.73 Å². The zero-order chi connectivity index (χ0) is 20.7. The van der Waals surface area contributed by atoms with Crippen LogP contribution < -0.4 is 16.4 Å². The summed E-state index contributed by atoms with van der Waals surface area (Å²) in [5.74, 6) is -2.65. The molecule has 1 fully saturated rings. The van der Waals surface area contributed by atoms with Crippen LogP contribution in [0.4, 0.5) is 0 Å². The van der Waals surface area contributed by atoms with Gasteiger partial charge in [0, 0.05) is 30.6 Å². The van der Waals surface area contributed by atoms with Crippen LogP contribution in [0.25, 0.3) is 0 Å². The number of likely N-dealkylation sites (tertiary alicyclic amines) is 1. The normalized spacial score (nSPS) is 18.4. The van der Waals surface area contributed by atoms with Gasteiger partial charge >= 0.3 is 5.97 Å². The van der Waals surface area contributed by atoms with E-state index >= 15 is 0 Å². The average Bonchev–Trinajstić information content (AvgIpc) is 3.36. The summed E-state index contributed by atoms with van der Waals surface area (Å²) in [4.78, 5) is 56.4. The van der Waals surface area contributed by atoms with Crippen molar-refractivity contribution in [3.8, 4) is 0 Å². The molecule has 1 aliphatic heterocycles. The number of nitrogens with one attached hydrogen (secondary N) is 3. The number of imidazole rings is 1. The molecule has 0 bridgehead atoms. The van der Waals surface area contributed by atoms with Crippen molar-refractivity contribution >= 4 is 36.3 Å². The maximum Gasteiger partial charge on any atom is 0.326 e. The number of carbonyl (C=O) groups is 4. The van der Waals surface area contributed by atoms with E-state index in [-0.39, 0.29) is 18.7 Å². The number of nitrogens with two attached hydrogens (primary N) is 1. The number of aliphatic carboxylic acids is 1. The van der Waals surface area contributed by atoms with Crippen molar-refractivity contribution in [1.29, 1.82) is 0 Å². The lowest BCUT2D eigenvalue weighted by Gasteiger charge is -2.28. The lowest BCUT2D eigenvalue weighted by molar-refractivity contribution is -0.144. The van der Waals surface area contributed by atoms with E-state index in [2.05, 4.69) is 33.2 Å². The molecule has 0 radical (unpaired) electrons. The monoisotopic (exact) mass is 412 g/mol. The molecule has 1 aromatic rings. The first-order valence-electron chi connectivity index (χ1n) is 8.78. The highest BCUT2D eigenvalue weighted by atomic mass is 32.1. The number of rotatable bonds is 9. The van der Waals surface area contributed by atoms with Gasteiger partial charge in [0.05, 0.1) is 12.9 Å². The molecule has 0 aromatic carbocycles. The van der Waals surface area contributed by atoms with Crippen molar-refractivity contribution in [2.75, 3.05) is 18.8 Å². The average molecular weight is 412 g/mol. The lowest BCUT2D eigenvalue weighted by Crippen LogP contribution is -2.56. The molecular formula is C16H24N6O5S. The van der Waals surface area contributed by atoms with Crippen molar-refractivity contribution in [1.82, 2.24) is 25.5 Å². The first kappa shape index (κ1) is 21.7. The van der Waals surface area contributed by atoms with Crippen LogP contribution in [0.5, 0.6) is 0 Å². The number of carbonyl (C=O) groups excluding carboxylic acids is 3. The summed E-state index contributed by atoms with van der Waals surface area (Å²) in [6.45, 7) is 0.0628. The molecule has 1 aromatic heterocycles. The molecule has 1 saturated heterocycles. The number of amides is 3. The summed E-state index contributed by atoms with van der Waals surface area (Å²) in [5.41, 5.74) is 5.82. The van der Waals surface area contributed by atoms with E-state index in [1.54, 1.807) is 0 Å². The third-order valence-electron chi connectivity index (χ3n) is 4.43. The summed E-state index contributed by atoms with van der Waals surface area (Å²) < 4.78 is 0. The number of thiol groups is 1. The summed E-state index contributed by atoms with van der Waals surface area (Å²) >= 11 is 4.08. The van der Waals surface area contributed by atoms with Crippen LogP contribution in [0.3, 0.4) is 0 Å². The van der Waals surface area contributed by atoms with Crippen LogP contribution in [0.2, 0.25) is 0 Å². The molecule has 0 aliphatic carbocycles. The molecule has 0 spiro atoms. The van der Waals surface area contributed by atoms with Crippen molar-refractivity contribution < 1.29 is 24.3 Å². The second kappa shape index (κ2) is 10.1. The third kappa shape index (κ3) is 5.45. The fourth-order valence-corrected chi connectivity index (χ4v) is 3.27. The Kier molecular flexibility index (Phi) is 7.81. The second-order valence-electron chi connectivity index (χ2n) is 6.38. The number of hydrogen-bond donors (Lipinski definition) is 6. The molecule has 3 atom stereocenters. The van der Waals surface area contributed by atoms with Crippen LogP contribution in [-0.4, -0.2) is 80.6 Å². The maximum absolute atomic E-state index is 12.7. The highest BCUT2D eigenvalue weighted by Crippen LogP contribution is 2.19. The minimum absolute atomic E-state index is 0.0353. The molecule has 154 valence electrons. The largest absolute Gasteiger partial charge is 0.480 e. The van der Waals surface area contributed by atoms with Gasteiger partial charge in [0.2, 0.25) is 17.7 Å². The van der Waals surface area contributed by atoms with Gasteiger partial charge in [0.1, 0.15) is 18.1 Å². The van der Waals surface area contributed by atoms with E-state index in [4.69, 9.17) is 5.73 Å². The Bertz CT molecular complexity index is 712. The Balaban J connectivity index is 2.05. The van der Waals surface area contributed by atoms with Crippen LogP contribution in [0.15, 0.2) is 12.5 Å². The van der Waals surface area contributed by atoms with E-state index in [1.807, 2.05) is 0 Å². The summed E-state index contributed by atoms with van der Waals surface area (Å²) in [6.07, 6.45) is 3.92. The summed E-state index contributed by atoms with van der Waals surface area (Å²) in [6, 6.07) is -2.88. The summed E-state index contributed by atoms with van der Waals surface area (Å²) in [5, 5.41) is 14.3. The number of nitrogens with zero attached hydrogens (tertiary/aromatic N) is 2. The van der Waals surface area contributed by atoms with Crippen molar-refractivity contribution in [3.05, 3.63) is 18.2 Å². The fourth-order valence-electron chi connectivity index (χ4n) is 3.03. The number of hydrogen-bond acceptors (Lipinski definition) is 7. The van der Waals surface area contributed by atoms with Crippen LogP contribution in [0.1, 0.15) is 18.5 Å². The van der Waals surface area contributed by atoms with Gasteiger partial charge in [0.25, 0.3) is 0 Å². The van der Waals surface area contributed by atoms with Gasteiger partial charge in [-0.3, -0.25) is 14.4 Å². The predicted octanol–water partition coefficient (Wildman–Crippen LogP) is -2.11. The zero-order valence-corrected chi connectivity index (χ0v) is 16.0. The minimum Gasteiger partial charge on any atom is -0.480 e. The Labute approximate surface area is 166 Å². The summed E-state index contributed by atoms with van der Waals surface area (Å²) in [7, 11) is 0. The van der Waals surface area contributed by atoms with Gasteiger partial charge < -0.3 is 31.4 Å². The van der Waals surface area contributed by atoms with E-state index in [0.717, 1.165) is 0 Å². The van der Waals surface area contributed by atoms with E-state index in [0.29, 0.717) is 25.1 Å². The van der Waals surface area contributed by atoms with Gasteiger partial charge in [0.15, 0.2) is 0 Å². The second-order valence-corrected chi connectivity index (χ2v) is 6.74. The number of carboxylic acid groups (broad SMARTS) is 1. The third-order valence-corrected chi connectivity index (χ3v) is 4.80. The van der Waals surface area contributed by atoms with Crippen LogP contribution in [-0.2, 0) is 25.6 Å². The highest BCUT2D eigenvalue weighted by molar-refractivity contribution is 7.80. The van der Waals surface area contributed by atoms with E-state index in [1.165, 1.54) is 17.4 Å². The first-order valence-corrected chi connectivity index (χ1v) is 9.41. The van der Waals surface area contributed by atoms with Gasteiger partial charge in [-0.15, -0.1) is 0 Å². The maximum atomic E-state index is 12.7. The quantitative estimate of drug-likeness (QED) is 0.252. The number of H-pyrrole nitrogens is 1. The van der Waals surface area contributed by atoms with E-state index < -0.39 is 41.8 Å². The smallest absolute Gasteiger partial charge is 0.326 e. The van der Waals surface area contributed by atoms with Crippen molar-refractivity contribution in [2.45, 2.75) is 37.4 Å². The topological polar surface area (TPSA) is 171 Å². The predicted molar refractivity (Wildman–Crippen MR) is 101 cm³/mol. The Morgan fingerprint density at radius 2 is 2.11 bits per heavy atom. The number of aromatic nitrogens is 2. The van der Waals surface area contributed by atoms with Crippen LogP contribution in [0, 0.1) is 0 Å². The number of carboxylic acids is 1. The highest BCUT2D eigenvalue weighted by Gasteiger charge is 2.38. The number of aromatic amines is 1. The molecule has 6 N–H and O–H groups in total.